The van der Waals surface area contributed by atoms with Gasteiger partial charge in [-0.25, -0.2) is 0 Å². The van der Waals surface area contributed by atoms with Crippen molar-refractivity contribution in [2.45, 2.75) is 38.6 Å². The second-order valence-corrected chi connectivity index (χ2v) is 6.53. The predicted molar refractivity (Wildman–Crippen MR) is 95.9 cm³/mol. The van der Waals surface area contributed by atoms with E-state index in [1.54, 1.807) is 12.0 Å². The lowest BCUT2D eigenvalue weighted by Gasteiger charge is -2.28. The van der Waals surface area contributed by atoms with Crippen LogP contribution >= 0.6 is 0 Å². The van der Waals surface area contributed by atoms with E-state index in [4.69, 9.17) is 9.84 Å². The lowest BCUT2D eigenvalue weighted by Crippen LogP contribution is -2.43. The summed E-state index contributed by atoms with van der Waals surface area (Å²) in [6.07, 6.45) is 2.35. The number of methoxy groups -OCH3 is 1. The molecule has 1 aliphatic rings. The fourth-order valence-electron chi connectivity index (χ4n) is 3.35. The van der Waals surface area contributed by atoms with Gasteiger partial charge in [0.05, 0.1) is 13.5 Å². The van der Waals surface area contributed by atoms with Crippen LogP contribution in [-0.2, 0) is 20.8 Å². The second-order valence-electron chi connectivity index (χ2n) is 6.53. The predicted octanol–water partition coefficient (Wildman–Crippen LogP) is 1.55. The molecule has 26 heavy (non-hydrogen) atoms. The zero-order valence-electron chi connectivity index (χ0n) is 15.3. The van der Waals surface area contributed by atoms with Gasteiger partial charge in [0, 0.05) is 26.1 Å². The summed E-state index contributed by atoms with van der Waals surface area (Å²) in [5.74, 6) is -0.507. The quantitative estimate of drug-likeness (QED) is 0.830. The van der Waals surface area contributed by atoms with Crippen molar-refractivity contribution < 1.29 is 24.2 Å². The first-order valence-corrected chi connectivity index (χ1v) is 8.80. The van der Waals surface area contributed by atoms with E-state index in [0.29, 0.717) is 32.4 Å². The molecule has 2 rings (SSSR count). The number of hydrogen-bond donors (Lipinski definition) is 1. The fourth-order valence-corrected chi connectivity index (χ4v) is 3.35. The number of likely N-dealkylation sites (tertiary alicyclic amines) is 1. The maximum Gasteiger partial charge on any atom is 0.323 e. The van der Waals surface area contributed by atoms with Crippen LogP contribution in [0, 0.1) is 0 Å². The van der Waals surface area contributed by atoms with E-state index in [9.17, 15) is 14.4 Å². The summed E-state index contributed by atoms with van der Waals surface area (Å²) < 4.78 is 5.19. The Hall–Kier alpha value is -2.57. The van der Waals surface area contributed by atoms with Crippen molar-refractivity contribution >= 4 is 17.8 Å². The average molecular weight is 362 g/mol. The molecule has 1 unspecified atom stereocenters. The van der Waals surface area contributed by atoms with Gasteiger partial charge in [0.2, 0.25) is 11.8 Å². The first-order chi connectivity index (χ1) is 12.4. The van der Waals surface area contributed by atoms with Crippen LogP contribution in [0.25, 0.3) is 0 Å². The van der Waals surface area contributed by atoms with Crippen LogP contribution in [0.5, 0.6) is 5.75 Å². The number of hydrogen-bond acceptors (Lipinski definition) is 4. The Bertz CT molecular complexity index is 661. The fraction of sp³-hybridized carbons (Fsp3) is 0.526. The number of benzene rings is 1. The molecule has 2 amide bonds. The third-order valence-corrected chi connectivity index (χ3v) is 4.69. The Morgan fingerprint density at radius 1 is 1.27 bits per heavy atom. The lowest BCUT2D eigenvalue weighted by molar-refractivity contribution is -0.145. The van der Waals surface area contributed by atoms with Gasteiger partial charge in [-0.3, -0.25) is 14.4 Å². The van der Waals surface area contributed by atoms with Gasteiger partial charge >= 0.3 is 5.97 Å². The van der Waals surface area contributed by atoms with Crippen LogP contribution in [0.1, 0.15) is 31.7 Å². The molecule has 7 nitrogen and oxygen atoms in total. The van der Waals surface area contributed by atoms with Crippen LogP contribution in [-0.4, -0.2) is 65.5 Å². The first kappa shape index (κ1) is 19.8. The number of carboxylic acid groups (broad SMARTS) is 1. The molecule has 0 radical (unpaired) electrons. The van der Waals surface area contributed by atoms with Crippen LogP contribution < -0.4 is 4.74 Å². The van der Waals surface area contributed by atoms with Crippen molar-refractivity contribution in [2.24, 2.45) is 0 Å². The van der Waals surface area contributed by atoms with Gasteiger partial charge in [-0.1, -0.05) is 12.1 Å². The van der Waals surface area contributed by atoms with Crippen LogP contribution in [0.15, 0.2) is 24.3 Å². The standard InChI is InChI=1S/C19H26N2O5/c1-14(22)21(13-19(24)25)16-6-4-9-20(10-8-16)18(23)12-15-5-3-7-17(11-15)26-2/h3,5,7,11,16H,4,6,8-10,12-13H2,1-2H3,(H,24,25). The topological polar surface area (TPSA) is 87.2 Å². The van der Waals surface area contributed by atoms with Gasteiger partial charge < -0.3 is 19.6 Å². The third kappa shape index (κ3) is 5.47. The monoisotopic (exact) mass is 362 g/mol. The molecular weight excluding hydrogens is 336 g/mol. The van der Waals surface area contributed by atoms with Gasteiger partial charge in [-0.05, 0) is 37.0 Å². The number of nitrogens with zero attached hydrogens (tertiary/aromatic N) is 2. The highest BCUT2D eigenvalue weighted by molar-refractivity contribution is 5.80. The molecule has 1 heterocycles. The average Bonchev–Trinajstić information content (AvgIpc) is 2.85. The summed E-state index contributed by atoms with van der Waals surface area (Å²) in [4.78, 5) is 38.6. The Morgan fingerprint density at radius 3 is 2.69 bits per heavy atom. The zero-order valence-corrected chi connectivity index (χ0v) is 15.3. The van der Waals surface area contributed by atoms with Gasteiger partial charge in [0.1, 0.15) is 12.3 Å². The summed E-state index contributed by atoms with van der Waals surface area (Å²) in [5, 5.41) is 9.01. The molecule has 0 spiro atoms. The van der Waals surface area contributed by atoms with Crippen molar-refractivity contribution in [3.63, 3.8) is 0 Å². The largest absolute Gasteiger partial charge is 0.497 e. The molecule has 0 aromatic heterocycles. The molecule has 7 heteroatoms. The van der Waals surface area contributed by atoms with Crippen LogP contribution in [0.2, 0.25) is 0 Å². The number of ether oxygens (including phenoxy) is 1. The maximum atomic E-state index is 12.6. The smallest absolute Gasteiger partial charge is 0.323 e. The summed E-state index contributed by atoms with van der Waals surface area (Å²) in [7, 11) is 1.59. The minimum Gasteiger partial charge on any atom is -0.497 e. The van der Waals surface area contributed by atoms with E-state index >= 15 is 0 Å². The van der Waals surface area contributed by atoms with E-state index in [2.05, 4.69) is 0 Å². The Labute approximate surface area is 153 Å². The molecule has 1 atom stereocenters. The Balaban J connectivity index is 1.97. The lowest BCUT2D eigenvalue weighted by atomic mass is 10.1. The molecule has 142 valence electrons. The number of rotatable bonds is 6. The number of amides is 2. The summed E-state index contributed by atoms with van der Waals surface area (Å²) >= 11 is 0. The number of carbonyl (C=O) groups excluding carboxylic acids is 2. The SMILES string of the molecule is COc1cccc(CC(=O)N2CCCC(N(CC(=O)O)C(C)=O)CC2)c1. The highest BCUT2D eigenvalue weighted by Gasteiger charge is 2.27. The molecule has 0 bridgehead atoms. The van der Waals surface area contributed by atoms with Crippen LogP contribution in [0.4, 0.5) is 0 Å². The van der Waals surface area contributed by atoms with Gasteiger partial charge in [0.25, 0.3) is 0 Å². The summed E-state index contributed by atoms with van der Waals surface area (Å²) in [5.41, 5.74) is 0.895. The third-order valence-electron chi connectivity index (χ3n) is 4.69. The molecule has 1 fully saturated rings. The van der Waals surface area contributed by atoms with E-state index < -0.39 is 5.97 Å². The van der Waals surface area contributed by atoms with Crippen molar-refractivity contribution in [1.82, 2.24) is 9.80 Å². The Kier molecular flexibility index (Phi) is 7.00. The van der Waals surface area contributed by atoms with Gasteiger partial charge in [-0.2, -0.15) is 0 Å². The van der Waals surface area contributed by atoms with Crippen molar-refractivity contribution in [3.05, 3.63) is 29.8 Å². The van der Waals surface area contributed by atoms with Crippen molar-refractivity contribution in [2.75, 3.05) is 26.7 Å². The maximum absolute atomic E-state index is 12.6. The van der Waals surface area contributed by atoms with Crippen LogP contribution in [0.3, 0.4) is 0 Å². The molecule has 0 aliphatic carbocycles. The van der Waals surface area contributed by atoms with E-state index in [1.165, 1.54) is 11.8 Å². The summed E-state index contributed by atoms with van der Waals surface area (Å²) in [6.45, 7) is 2.24. The van der Waals surface area contributed by atoms with Crippen molar-refractivity contribution in [3.8, 4) is 5.75 Å². The Morgan fingerprint density at radius 2 is 2.04 bits per heavy atom. The second kappa shape index (κ2) is 9.22. The molecule has 1 aromatic carbocycles. The van der Waals surface area contributed by atoms with Crippen molar-refractivity contribution in [1.29, 1.82) is 0 Å². The summed E-state index contributed by atoms with van der Waals surface area (Å²) in [6, 6.07) is 7.30. The highest BCUT2D eigenvalue weighted by atomic mass is 16.5. The minimum absolute atomic E-state index is 0.0338. The molecule has 1 aromatic rings. The number of aliphatic carboxylic acids is 1. The van der Waals surface area contributed by atoms with E-state index in [0.717, 1.165) is 17.7 Å². The zero-order chi connectivity index (χ0) is 19.1. The normalized spacial score (nSPS) is 17.3. The van der Waals surface area contributed by atoms with E-state index in [1.807, 2.05) is 24.3 Å². The molecular formula is C19H26N2O5. The van der Waals surface area contributed by atoms with Gasteiger partial charge in [-0.15, -0.1) is 0 Å². The highest BCUT2D eigenvalue weighted by Crippen LogP contribution is 2.19. The molecule has 1 saturated heterocycles. The molecule has 0 saturated carbocycles. The number of carboxylic acids is 1. The van der Waals surface area contributed by atoms with Gasteiger partial charge in [0.15, 0.2) is 0 Å². The molecule has 1 aliphatic heterocycles. The first-order valence-electron chi connectivity index (χ1n) is 8.80. The molecule has 1 N–H and O–H groups in total. The minimum atomic E-state index is -1.02. The number of carbonyl (C=O) groups is 3. The van der Waals surface area contributed by atoms with E-state index in [-0.39, 0.29) is 24.4 Å².